The highest BCUT2D eigenvalue weighted by molar-refractivity contribution is 6.42. The van der Waals surface area contributed by atoms with E-state index in [4.69, 9.17) is 32.4 Å². The molecule has 1 atom stereocenters. The third kappa shape index (κ3) is 3.42. The first-order chi connectivity index (χ1) is 9.97. The highest BCUT2D eigenvalue weighted by Gasteiger charge is 2.38. The minimum atomic E-state index is -0.887. The van der Waals surface area contributed by atoms with Gasteiger partial charge >= 0.3 is 5.97 Å². The Bertz CT molecular complexity index is 622. The van der Waals surface area contributed by atoms with Crippen LogP contribution in [0.3, 0.4) is 0 Å². The van der Waals surface area contributed by atoms with Crippen molar-refractivity contribution in [2.75, 3.05) is 6.61 Å². The molecule has 112 valence electrons. The lowest BCUT2D eigenvalue weighted by Crippen LogP contribution is -2.36. The number of carbonyl (C=O) groups excluding carboxylic acids is 1. The van der Waals surface area contributed by atoms with Gasteiger partial charge < -0.3 is 9.15 Å². The van der Waals surface area contributed by atoms with Gasteiger partial charge in [0.15, 0.2) is 0 Å². The lowest BCUT2D eigenvalue weighted by molar-refractivity contribution is -0.149. The normalized spacial score (nSPS) is 13.7. The molecule has 0 amide bonds. The Labute approximate surface area is 133 Å². The predicted molar refractivity (Wildman–Crippen MR) is 82.9 cm³/mol. The summed E-state index contributed by atoms with van der Waals surface area (Å²) in [6, 6.07) is 8.78. The Morgan fingerprint density at radius 2 is 2.05 bits per heavy atom. The van der Waals surface area contributed by atoms with Gasteiger partial charge in [-0.3, -0.25) is 4.79 Å². The van der Waals surface area contributed by atoms with E-state index in [0.717, 1.165) is 5.56 Å². The van der Waals surface area contributed by atoms with Crippen LogP contribution in [-0.2, 0) is 21.4 Å². The molecular weight excluding hydrogens is 311 g/mol. The Morgan fingerprint density at radius 1 is 1.29 bits per heavy atom. The summed E-state index contributed by atoms with van der Waals surface area (Å²) < 4.78 is 10.6. The molecular formula is C16H16Cl2O3. The molecule has 0 radical (unpaired) electrons. The molecule has 0 saturated heterocycles. The molecule has 1 aromatic carbocycles. The molecule has 1 heterocycles. The molecule has 0 spiro atoms. The van der Waals surface area contributed by atoms with Gasteiger partial charge in [0.25, 0.3) is 0 Å². The van der Waals surface area contributed by atoms with Gasteiger partial charge in [-0.1, -0.05) is 29.3 Å². The van der Waals surface area contributed by atoms with E-state index in [9.17, 15) is 4.79 Å². The monoisotopic (exact) mass is 326 g/mol. The fourth-order valence-electron chi connectivity index (χ4n) is 2.18. The van der Waals surface area contributed by atoms with Gasteiger partial charge in [0.1, 0.15) is 5.76 Å². The van der Waals surface area contributed by atoms with E-state index in [1.807, 2.05) is 13.0 Å². The van der Waals surface area contributed by atoms with Crippen LogP contribution in [0, 0.1) is 0 Å². The summed E-state index contributed by atoms with van der Waals surface area (Å²) >= 11 is 12.0. The maximum atomic E-state index is 12.4. The van der Waals surface area contributed by atoms with Crippen molar-refractivity contribution in [2.45, 2.75) is 25.7 Å². The average molecular weight is 327 g/mol. The minimum absolute atomic E-state index is 0.313. The van der Waals surface area contributed by atoms with Gasteiger partial charge in [0.05, 0.1) is 28.3 Å². The Hall–Kier alpha value is -1.45. The highest BCUT2D eigenvalue weighted by atomic mass is 35.5. The summed E-state index contributed by atoms with van der Waals surface area (Å²) in [7, 11) is 0. The number of ether oxygens (including phenoxy) is 1. The van der Waals surface area contributed by atoms with E-state index in [-0.39, 0.29) is 5.97 Å². The molecule has 2 aromatic rings. The standard InChI is InChI=1S/C16H16Cl2O3/c1-3-20-15(19)16(2,10-12-5-4-8-21-12)11-6-7-13(17)14(18)9-11/h4-9H,3,10H2,1-2H3. The number of furan rings is 1. The van der Waals surface area contributed by atoms with Gasteiger partial charge in [-0.25, -0.2) is 0 Å². The maximum Gasteiger partial charge on any atom is 0.316 e. The molecule has 5 heteroatoms. The third-order valence-electron chi connectivity index (χ3n) is 3.39. The average Bonchev–Trinajstić information content (AvgIpc) is 2.94. The summed E-state index contributed by atoms with van der Waals surface area (Å²) in [5.41, 5.74) is -0.144. The highest BCUT2D eigenvalue weighted by Crippen LogP contribution is 2.34. The van der Waals surface area contributed by atoms with Crippen LogP contribution in [-0.4, -0.2) is 12.6 Å². The molecule has 0 saturated carbocycles. The SMILES string of the molecule is CCOC(=O)C(C)(Cc1ccco1)c1ccc(Cl)c(Cl)c1. The molecule has 0 aliphatic carbocycles. The first-order valence-electron chi connectivity index (χ1n) is 6.62. The Kier molecular flexibility index (Phi) is 4.96. The van der Waals surface area contributed by atoms with E-state index in [1.54, 1.807) is 37.5 Å². The van der Waals surface area contributed by atoms with Gasteiger partial charge in [-0.05, 0) is 43.7 Å². The fourth-order valence-corrected chi connectivity index (χ4v) is 2.48. The summed E-state index contributed by atoms with van der Waals surface area (Å²) in [6.45, 7) is 3.90. The number of halogens is 2. The molecule has 1 unspecified atom stereocenters. The Balaban J connectivity index is 2.43. The molecule has 0 fully saturated rings. The van der Waals surface area contributed by atoms with E-state index in [0.29, 0.717) is 28.8 Å². The molecule has 21 heavy (non-hydrogen) atoms. The summed E-state index contributed by atoms with van der Waals surface area (Å²) in [5.74, 6) is 0.386. The van der Waals surface area contributed by atoms with Crippen molar-refractivity contribution in [1.82, 2.24) is 0 Å². The van der Waals surface area contributed by atoms with E-state index >= 15 is 0 Å². The molecule has 0 aliphatic rings. The first kappa shape index (κ1) is 15.9. The second-order valence-corrected chi connectivity index (χ2v) is 5.75. The molecule has 1 aromatic heterocycles. The van der Waals surface area contributed by atoms with Crippen LogP contribution < -0.4 is 0 Å². The zero-order valence-corrected chi connectivity index (χ0v) is 13.4. The zero-order valence-electron chi connectivity index (χ0n) is 11.9. The second kappa shape index (κ2) is 6.54. The van der Waals surface area contributed by atoms with Crippen LogP contribution in [0.2, 0.25) is 10.0 Å². The summed E-state index contributed by atoms with van der Waals surface area (Å²) in [5, 5.41) is 0.855. The van der Waals surface area contributed by atoms with Crippen LogP contribution in [0.25, 0.3) is 0 Å². The Morgan fingerprint density at radius 3 is 2.62 bits per heavy atom. The number of esters is 1. The zero-order chi connectivity index (χ0) is 15.5. The van der Waals surface area contributed by atoms with Gasteiger partial charge in [-0.2, -0.15) is 0 Å². The summed E-state index contributed by atoms with van der Waals surface area (Å²) in [4.78, 5) is 12.4. The van der Waals surface area contributed by atoms with E-state index in [1.165, 1.54) is 0 Å². The number of rotatable bonds is 5. The second-order valence-electron chi connectivity index (χ2n) is 4.94. The van der Waals surface area contributed by atoms with Crippen molar-refractivity contribution in [3.63, 3.8) is 0 Å². The smallest absolute Gasteiger partial charge is 0.316 e. The van der Waals surface area contributed by atoms with Crippen LogP contribution in [0.4, 0.5) is 0 Å². The number of carbonyl (C=O) groups is 1. The number of hydrogen-bond acceptors (Lipinski definition) is 3. The molecule has 0 aliphatic heterocycles. The van der Waals surface area contributed by atoms with Crippen LogP contribution in [0.15, 0.2) is 41.0 Å². The minimum Gasteiger partial charge on any atom is -0.469 e. The van der Waals surface area contributed by atoms with Gasteiger partial charge in [-0.15, -0.1) is 0 Å². The van der Waals surface area contributed by atoms with Gasteiger partial charge in [0.2, 0.25) is 0 Å². The number of hydrogen-bond donors (Lipinski definition) is 0. The first-order valence-corrected chi connectivity index (χ1v) is 7.38. The molecule has 2 rings (SSSR count). The lowest BCUT2D eigenvalue weighted by atomic mass is 9.78. The molecule has 3 nitrogen and oxygen atoms in total. The fraction of sp³-hybridized carbons (Fsp3) is 0.312. The van der Waals surface area contributed by atoms with Crippen LogP contribution >= 0.6 is 23.2 Å². The van der Waals surface area contributed by atoms with Crippen molar-refractivity contribution < 1.29 is 13.9 Å². The summed E-state index contributed by atoms with van der Waals surface area (Å²) in [6.07, 6.45) is 1.96. The van der Waals surface area contributed by atoms with Crippen molar-refractivity contribution in [3.8, 4) is 0 Å². The van der Waals surface area contributed by atoms with Crippen LogP contribution in [0.5, 0.6) is 0 Å². The maximum absolute atomic E-state index is 12.4. The predicted octanol–water partition coefficient (Wildman–Crippen LogP) is 4.65. The lowest BCUT2D eigenvalue weighted by Gasteiger charge is -2.27. The largest absolute Gasteiger partial charge is 0.469 e. The quantitative estimate of drug-likeness (QED) is 0.751. The van der Waals surface area contributed by atoms with E-state index < -0.39 is 5.41 Å². The third-order valence-corrected chi connectivity index (χ3v) is 4.13. The van der Waals surface area contributed by atoms with Crippen molar-refractivity contribution in [2.24, 2.45) is 0 Å². The van der Waals surface area contributed by atoms with Crippen molar-refractivity contribution in [3.05, 3.63) is 58.0 Å². The molecule has 0 N–H and O–H groups in total. The van der Waals surface area contributed by atoms with Crippen LogP contribution in [0.1, 0.15) is 25.2 Å². The van der Waals surface area contributed by atoms with E-state index in [2.05, 4.69) is 0 Å². The number of benzene rings is 1. The van der Waals surface area contributed by atoms with Gasteiger partial charge in [0, 0.05) is 6.42 Å². The van der Waals surface area contributed by atoms with Crippen molar-refractivity contribution >= 4 is 29.2 Å². The van der Waals surface area contributed by atoms with Crippen molar-refractivity contribution in [1.29, 1.82) is 0 Å². The topological polar surface area (TPSA) is 39.4 Å². The molecule has 0 bridgehead atoms.